The Morgan fingerprint density at radius 2 is 2.03 bits per heavy atom. The van der Waals surface area contributed by atoms with Gasteiger partial charge in [-0.05, 0) is 49.6 Å². The van der Waals surface area contributed by atoms with E-state index in [-0.39, 0.29) is 24.2 Å². The fraction of sp³-hybridized carbons (Fsp3) is 0.250. The Balaban J connectivity index is 1.34. The van der Waals surface area contributed by atoms with Gasteiger partial charge in [0.05, 0.1) is 11.7 Å². The molecule has 1 amide bonds. The molecule has 0 radical (unpaired) electrons. The zero-order valence-electron chi connectivity index (χ0n) is 17.9. The fourth-order valence-corrected chi connectivity index (χ4v) is 4.04. The topological polar surface area (TPSA) is 106 Å². The molecule has 0 spiro atoms. The molecule has 0 bridgehead atoms. The molecular weight excluding hydrogens is 422 g/mol. The third-order valence-electron chi connectivity index (χ3n) is 5.69. The van der Waals surface area contributed by atoms with E-state index in [1.165, 1.54) is 4.57 Å². The second-order valence-electron chi connectivity index (χ2n) is 7.84. The Hall–Kier alpha value is -4.14. The molecule has 1 N–H and O–H groups in total. The highest BCUT2D eigenvalue weighted by molar-refractivity contribution is 5.78. The number of piperidine rings is 1. The van der Waals surface area contributed by atoms with Gasteiger partial charge >= 0.3 is 5.69 Å². The SMILES string of the molecule is O=C(COc1ccccc1)N1CCCC[C@@H]1c1noc(-c2cccc(-n3cc[nH]c3=O)c2)n1. The first-order valence-electron chi connectivity index (χ1n) is 10.9. The summed E-state index contributed by atoms with van der Waals surface area (Å²) in [6, 6.07) is 16.3. The minimum atomic E-state index is -0.265. The molecule has 2 aromatic carbocycles. The van der Waals surface area contributed by atoms with Crippen LogP contribution in [0.3, 0.4) is 0 Å². The maximum absolute atomic E-state index is 12.9. The molecule has 9 nitrogen and oxygen atoms in total. The van der Waals surface area contributed by atoms with Crippen molar-refractivity contribution < 1.29 is 14.1 Å². The number of hydrogen-bond donors (Lipinski definition) is 1. The lowest BCUT2D eigenvalue weighted by molar-refractivity contribution is -0.137. The quantitative estimate of drug-likeness (QED) is 0.488. The molecule has 4 aromatic rings. The first kappa shape index (κ1) is 20.7. The zero-order valence-corrected chi connectivity index (χ0v) is 17.9. The zero-order chi connectivity index (χ0) is 22.6. The molecular formula is C24H23N5O4. The summed E-state index contributed by atoms with van der Waals surface area (Å²) in [4.78, 5) is 33.8. The van der Waals surface area contributed by atoms with Crippen molar-refractivity contribution in [2.24, 2.45) is 0 Å². The molecule has 168 valence electrons. The van der Waals surface area contributed by atoms with Gasteiger partial charge in [-0.25, -0.2) is 4.79 Å². The van der Waals surface area contributed by atoms with Crippen molar-refractivity contribution in [3.63, 3.8) is 0 Å². The minimum absolute atomic E-state index is 0.0430. The highest BCUT2D eigenvalue weighted by Gasteiger charge is 2.32. The van der Waals surface area contributed by atoms with E-state index in [4.69, 9.17) is 9.26 Å². The van der Waals surface area contributed by atoms with Crippen LogP contribution in [0.25, 0.3) is 17.1 Å². The van der Waals surface area contributed by atoms with Crippen molar-refractivity contribution in [2.75, 3.05) is 13.2 Å². The number of carbonyl (C=O) groups is 1. The minimum Gasteiger partial charge on any atom is -0.484 e. The molecule has 0 aliphatic carbocycles. The summed E-state index contributed by atoms with van der Waals surface area (Å²) < 4.78 is 12.7. The van der Waals surface area contributed by atoms with Gasteiger partial charge in [-0.1, -0.05) is 29.4 Å². The predicted octanol–water partition coefficient (Wildman–Crippen LogP) is 3.35. The van der Waals surface area contributed by atoms with Crippen LogP contribution in [0.1, 0.15) is 31.1 Å². The van der Waals surface area contributed by atoms with Crippen molar-refractivity contribution in [3.8, 4) is 22.9 Å². The van der Waals surface area contributed by atoms with E-state index in [1.54, 1.807) is 17.3 Å². The van der Waals surface area contributed by atoms with Crippen LogP contribution in [0, 0.1) is 0 Å². The lowest BCUT2D eigenvalue weighted by Gasteiger charge is -2.33. The molecule has 0 saturated carbocycles. The van der Waals surface area contributed by atoms with Crippen molar-refractivity contribution in [2.45, 2.75) is 25.3 Å². The number of benzene rings is 2. The van der Waals surface area contributed by atoms with Crippen LogP contribution < -0.4 is 10.4 Å². The van der Waals surface area contributed by atoms with Crippen LogP contribution in [0.15, 0.2) is 76.3 Å². The van der Waals surface area contributed by atoms with Gasteiger partial charge in [0.1, 0.15) is 5.75 Å². The van der Waals surface area contributed by atoms with Crippen LogP contribution >= 0.6 is 0 Å². The van der Waals surface area contributed by atoms with Crippen LogP contribution in [-0.4, -0.2) is 43.7 Å². The smallest absolute Gasteiger partial charge is 0.330 e. The number of para-hydroxylation sites is 1. The third-order valence-corrected chi connectivity index (χ3v) is 5.69. The number of aromatic nitrogens is 4. The first-order chi connectivity index (χ1) is 16.2. The van der Waals surface area contributed by atoms with E-state index in [2.05, 4.69) is 15.1 Å². The molecule has 2 aromatic heterocycles. The molecule has 1 aliphatic heterocycles. The molecule has 1 aliphatic rings. The fourth-order valence-electron chi connectivity index (χ4n) is 4.04. The van der Waals surface area contributed by atoms with Gasteiger partial charge in [0, 0.05) is 24.5 Å². The van der Waals surface area contributed by atoms with E-state index in [1.807, 2.05) is 54.6 Å². The van der Waals surface area contributed by atoms with Crippen LogP contribution in [0.2, 0.25) is 0 Å². The average molecular weight is 445 g/mol. The molecule has 1 atom stereocenters. The number of amides is 1. The van der Waals surface area contributed by atoms with E-state index in [0.717, 1.165) is 19.3 Å². The Bertz CT molecular complexity index is 1290. The summed E-state index contributed by atoms with van der Waals surface area (Å²) in [6.45, 7) is 0.579. The maximum Gasteiger partial charge on any atom is 0.330 e. The Labute approximate surface area is 189 Å². The second-order valence-corrected chi connectivity index (χ2v) is 7.84. The highest BCUT2D eigenvalue weighted by atomic mass is 16.5. The molecule has 33 heavy (non-hydrogen) atoms. The third kappa shape index (κ3) is 4.43. The molecule has 3 heterocycles. The Morgan fingerprint density at radius 3 is 2.85 bits per heavy atom. The first-order valence-corrected chi connectivity index (χ1v) is 10.9. The summed E-state index contributed by atoms with van der Waals surface area (Å²) in [6.07, 6.45) is 5.89. The molecule has 1 saturated heterocycles. The van der Waals surface area contributed by atoms with Crippen LogP contribution in [-0.2, 0) is 4.79 Å². The molecule has 9 heteroatoms. The van der Waals surface area contributed by atoms with E-state index in [9.17, 15) is 9.59 Å². The largest absolute Gasteiger partial charge is 0.484 e. The van der Waals surface area contributed by atoms with E-state index in [0.29, 0.717) is 35.3 Å². The Morgan fingerprint density at radius 1 is 1.15 bits per heavy atom. The number of likely N-dealkylation sites (tertiary alicyclic amines) is 1. The molecule has 0 unspecified atom stereocenters. The summed E-state index contributed by atoms with van der Waals surface area (Å²) in [5.74, 6) is 1.36. The normalized spacial score (nSPS) is 16.0. The number of rotatable bonds is 6. The average Bonchev–Trinajstić information content (AvgIpc) is 3.53. The highest BCUT2D eigenvalue weighted by Crippen LogP contribution is 2.31. The van der Waals surface area contributed by atoms with Crippen LogP contribution in [0.4, 0.5) is 0 Å². The van der Waals surface area contributed by atoms with Gasteiger partial charge in [0.15, 0.2) is 12.4 Å². The number of nitrogens with one attached hydrogen (secondary N) is 1. The standard InChI is InChI=1S/C24H23N5O4/c30-21(16-32-19-9-2-1-3-10-19)29-13-5-4-11-20(29)22-26-23(33-27-22)17-7-6-8-18(15-17)28-14-12-25-24(28)31/h1-3,6-10,12,14-15,20H,4-5,11,13,16H2,(H,25,31)/t20-/m1/s1. The number of imidazole rings is 1. The van der Waals surface area contributed by atoms with Gasteiger partial charge in [0.25, 0.3) is 11.8 Å². The Kier molecular flexibility index (Phi) is 5.75. The van der Waals surface area contributed by atoms with Gasteiger partial charge in [-0.3, -0.25) is 9.36 Å². The van der Waals surface area contributed by atoms with Gasteiger partial charge in [-0.15, -0.1) is 0 Å². The number of H-pyrrole nitrogens is 1. The van der Waals surface area contributed by atoms with Gasteiger partial charge in [-0.2, -0.15) is 4.98 Å². The summed E-state index contributed by atoms with van der Waals surface area (Å²) in [7, 11) is 0. The maximum atomic E-state index is 12.9. The number of carbonyl (C=O) groups excluding carboxylic acids is 1. The molecule has 1 fully saturated rings. The van der Waals surface area contributed by atoms with Crippen LogP contribution in [0.5, 0.6) is 5.75 Å². The summed E-state index contributed by atoms with van der Waals surface area (Å²) in [5.41, 5.74) is 1.15. The summed E-state index contributed by atoms with van der Waals surface area (Å²) >= 11 is 0. The monoisotopic (exact) mass is 445 g/mol. The van der Waals surface area contributed by atoms with Gasteiger partial charge < -0.3 is 19.1 Å². The van der Waals surface area contributed by atoms with Crippen molar-refractivity contribution >= 4 is 5.91 Å². The predicted molar refractivity (Wildman–Crippen MR) is 120 cm³/mol. The lowest BCUT2D eigenvalue weighted by Crippen LogP contribution is -2.41. The molecule has 5 rings (SSSR count). The van der Waals surface area contributed by atoms with E-state index >= 15 is 0 Å². The number of aromatic amines is 1. The number of nitrogens with zero attached hydrogens (tertiary/aromatic N) is 4. The van der Waals surface area contributed by atoms with Crippen molar-refractivity contribution in [1.82, 2.24) is 24.6 Å². The van der Waals surface area contributed by atoms with Crippen molar-refractivity contribution in [1.29, 1.82) is 0 Å². The lowest BCUT2D eigenvalue weighted by atomic mass is 10.0. The summed E-state index contributed by atoms with van der Waals surface area (Å²) in [5, 5.41) is 4.18. The van der Waals surface area contributed by atoms with E-state index < -0.39 is 0 Å². The number of ether oxygens (including phenoxy) is 1. The number of hydrogen-bond acceptors (Lipinski definition) is 6. The second kappa shape index (κ2) is 9.15. The van der Waals surface area contributed by atoms with Gasteiger partial charge in [0.2, 0.25) is 0 Å². The van der Waals surface area contributed by atoms with Crippen molar-refractivity contribution in [3.05, 3.63) is 83.3 Å².